The average Bonchev–Trinajstić information content (AvgIpc) is 3.01. The summed E-state index contributed by atoms with van der Waals surface area (Å²) in [6.07, 6.45) is 6.44. The zero-order chi connectivity index (χ0) is 15.2. The van der Waals surface area contributed by atoms with Crippen LogP contribution in [0.3, 0.4) is 0 Å². The minimum atomic E-state index is 0.555. The van der Waals surface area contributed by atoms with Crippen LogP contribution in [0.25, 0.3) is 0 Å². The van der Waals surface area contributed by atoms with Gasteiger partial charge in [0.1, 0.15) is 0 Å². The Balaban J connectivity index is 1.56. The molecule has 1 saturated carbocycles. The van der Waals surface area contributed by atoms with Gasteiger partial charge in [-0.25, -0.2) is 0 Å². The topological polar surface area (TPSA) is 61.6 Å². The van der Waals surface area contributed by atoms with Gasteiger partial charge in [-0.05, 0) is 24.5 Å². The van der Waals surface area contributed by atoms with Gasteiger partial charge < -0.3 is 5.32 Å². The fourth-order valence-electron chi connectivity index (χ4n) is 2.64. The molecular formula is C16H18N4S2. The van der Waals surface area contributed by atoms with Crippen molar-refractivity contribution in [3.05, 3.63) is 35.4 Å². The molecule has 0 radical (unpaired) electrons. The molecule has 4 nitrogen and oxygen atoms in total. The van der Waals surface area contributed by atoms with Gasteiger partial charge >= 0.3 is 0 Å². The molecule has 2 aromatic rings. The summed E-state index contributed by atoms with van der Waals surface area (Å²) in [5.41, 5.74) is 1.78. The van der Waals surface area contributed by atoms with Gasteiger partial charge in [-0.3, -0.25) is 0 Å². The minimum Gasteiger partial charge on any atom is -0.357 e. The van der Waals surface area contributed by atoms with E-state index in [4.69, 9.17) is 5.26 Å². The van der Waals surface area contributed by atoms with Gasteiger partial charge in [0.2, 0.25) is 5.13 Å². The van der Waals surface area contributed by atoms with Gasteiger partial charge in [0.15, 0.2) is 4.34 Å². The van der Waals surface area contributed by atoms with E-state index in [-0.39, 0.29) is 0 Å². The molecular weight excluding hydrogens is 312 g/mol. The number of thioether (sulfide) groups is 1. The predicted octanol–water partition coefficient (Wildman–Crippen LogP) is 4.45. The summed E-state index contributed by atoms with van der Waals surface area (Å²) in [5.74, 6) is 0.752. The summed E-state index contributed by atoms with van der Waals surface area (Å²) < 4.78 is 0.950. The number of nitriles is 1. The van der Waals surface area contributed by atoms with Crippen molar-refractivity contribution in [2.45, 2.75) is 48.2 Å². The van der Waals surface area contributed by atoms with Crippen LogP contribution in [0.2, 0.25) is 0 Å². The Kier molecular flexibility index (Phi) is 5.30. The van der Waals surface area contributed by atoms with Crippen LogP contribution < -0.4 is 5.32 Å². The first-order chi connectivity index (χ1) is 10.8. The number of anilines is 1. The zero-order valence-corrected chi connectivity index (χ0v) is 13.9. The van der Waals surface area contributed by atoms with Crippen LogP contribution in [0.5, 0.6) is 0 Å². The highest BCUT2D eigenvalue weighted by molar-refractivity contribution is 8.00. The lowest BCUT2D eigenvalue weighted by Gasteiger charge is -2.21. The third-order valence-electron chi connectivity index (χ3n) is 3.83. The van der Waals surface area contributed by atoms with Gasteiger partial charge in [0.25, 0.3) is 0 Å². The van der Waals surface area contributed by atoms with Gasteiger partial charge in [0, 0.05) is 11.8 Å². The third kappa shape index (κ3) is 3.99. The molecule has 1 aromatic carbocycles. The Morgan fingerprint density at radius 3 is 2.86 bits per heavy atom. The van der Waals surface area contributed by atoms with Crippen molar-refractivity contribution in [2.75, 3.05) is 5.32 Å². The van der Waals surface area contributed by atoms with E-state index in [1.165, 1.54) is 32.1 Å². The number of aromatic nitrogens is 2. The zero-order valence-electron chi connectivity index (χ0n) is 12.3. The van der Waals surface area contributed by atoms with E-state index < -0.39 is 0 Å². The molecule has 114 valence electrons. The lowest BCUT2D eigenvalue weighted by Crippen LogP contribution is -2.21. The molecule has 0 unspecified atom stereocenters. The summed E-state index contributed by atoms with van der Waals surface area (Å²) in [6.45, 7) is 0. The van der Waals surface area contributed by atoms with E-state index >= 15 is 0 Å². The van der Waals surface area contributed by atoms with Crippen molar-refractivity contribution in [1.82, 2.24) is 10.2 Å². The van der Waals surface area contributed by atoms with Crippen LogP contribution in [0.1, 0.15) is 43.2 Å². The standard InChI is InChI=1S/C16H18N4S2/c17-10-12-6-4-5-7-13(12)11-21-16-20-19-15(22-16)18-14-8-2-1-3-9-14/h4-7,14H,1-3,8-9,11H2,(H,18,19). The number of benzene rings is 1. The Bertz CT molecular complexity index is 656. The molecule has 6 heteroatoms. The Morgan fingerprint density at radius 1 is 1.23 bits per heavy atom. The summed E-state index contributed by atoms with van der Waals surface area (Å²) in [5, 5.41) is 22.0. The molecule has 22 heavy (non-hydrogen) atoms. The van der Waals surface area contributed by atoms with Gasteiger partial charge in [-0.2, -0.15) is 5.26 Å². The third-order valence-corrected chi connectivity index (χ3v) is 5.86. The smallest absolute Gasteiger partial charge is 0.206 e. The summed E-state index contributed by atoms with van der Waals surface area (Å²) >= 11 is 3.25. The molecule has 0 amide bonds. The predicted molar refractivity (Wildman–Crippen MR) is 91.1 cm³/mol. The second kappa shape index (κ2) is 7.61. The lowest BCUT2D eigenvalue weighted by molar-refractivity contribution is 0.462. The number of nitrogens with zero attached hydrogens (tertiary/aromatic N) is 3. The van der Waals surface area contributed by atoms with E-state index in [1.807, 2.05) is 24.3 Å². The molecule has 1 fully saturated rings. The number of hydrogen-bond donors (Lipinski definition) is 1. The lowest BCUT2D eigenvalue weighted by atomic mass is 9.96. The van der Waals surface area contributed by atoms with Crippen molar-refractivity contribution in [3.63, 3.8) is 0 Å². The van der Waals surface area contributed by atoms with Gasteiger partial charge in [-0.1, -0.05) is 60.6 Å². The maximum Gasteiger partial charge on any atom is 0.206 e. The first-order valence-corrected chi connectivity index (χ1v) is 9.36. The Labute approximate surface area is 139 Å². The summed E-state index contributed by atoms with van der Waals surface area (Å²) in [7, 11) is 0. The number of nitrogens with one attached hydrogen (secondary N) is 1. The normalized spacial score (nSPS) is 15.4. The van der Waals surface area contributed by atoms with Crippen molar-refractivity contribution in [2.24, 2.45) is 0 Å². The van der Waals surface area contributed by atoms with Crippen molar-refractivity contribution >= 4 is 28.2 Å². The average molecular weight is 330 g/mol. The van der Waals surface area contributed by atoms with E-state index in [9.17, 15) is 0 Å². The minimum absolute atomic E-state index is 0.555. The van der Waals surface area contributed by atoms with Crippen molar-refractivity contribution in [3.8, 4) is 6.07 Å². The molecule has 1 heterocycles. The van der Waals surface area contributed by atoms with Crippen LogP contribution in [-0.2, 0) is 5.75 Å². The molecule has 3 rings (SSSR count). The molecule has 1 N–H and O–H groups in total. The Morgan fingerprint density at radius 2 is 2.05 bits per heavy atom. The van der Waals surface area contributed by atoms with Crippen LogP contribution in [-0.4, -0.2) is 16.2 Å². The highest BCUT2D eigenvalue weighted by atomic mass is 32.2. The van der Waals surface area contributed by atoms with Gasteiger partial charge in [-0.15, -0.1) is 10.2 Å². The quantitative estimate of drug-likeness (QED) is 0.821. The maximum absolute atomic E-state index is 9.11. The highest BCUT2D eigenvalue weighted by Crippen LogP contribution is 2.30. The molecule has 1 aliphatic rings. The second-order valence-electron chi connectivity index (χ2n) is 5.41. The molecule has 0 atom stereocenters. The fourth-order valence-corrected chi connectivity index (χ4v) is 4.48. The maximum atomic E-state index is 9.11. The molecule has 0 saturated heterocycles. The fraction of sp³-hybridized carbons (Fsp3) is 0.438. The number of hydrogen-bond acceptors (Lipinski definition) is 6. The van der Waals surface area contributed by atoms with Crippen LogP contribution in [0.4, 0.5) is 5.13 Å². The first kappa shape index (κ1) is 15.3. The van der Waals surface area contributed by atoms with Crippen LogP contribution >= 0.6 is 23.1 Å². The number of rotatable bonds is 5. The summed E-state index contributed by atoms with van der Waals surface area (Å²) in [4.78, 5) is 0. The Hall–Kier alpha value is -1.58. The molecule has 0 aliphatic heterocycles. The first-order valence-electron chi connectivity index (χ1n) is 7.56. The van der Waals surface area contributed by atoms with E-state index in [0.717, 1.165) is 26.4 Å². The molecule has 0 spiro atoms. The van der Waals surface area contributed by atoms with Crippen LogP contribution in [0.15, 0.2) is 28.6 Å². The second-order valence-corrected chi connectivity index (χ2v) is 7.61. The summed E-state index contributed by atoms with van der Waals surface area (Å²) in [6, 6.07) is 10.5. The highest BCUT2D eigenvalue weighted by Gasteiger charge is 2.15. The molecule has 1 aromatic heterocycles. The monoisotopic (exact) mass is 330 g/mol. The van der Waals surface area contributed by atoms with Crippen molar-refractivity contribution < 1.29 is 0 Å². The van der Waals surface area contributed by atoms with E-state index in [0.29, 0.717) is 6.04 Å². The van der Waals surface area contributed by atoms with E-state index in [1.54, 1.807) is 23.1 Å². The van der Waals surface area contributed by atoms with Crippen LogP contribution in [0, 0.1) is 11.3 Å². The largest absolute Gasteiger partial charge is 0.357 e. The van der Waals surface area contributed by atoms with Gasteiger partial charge in [0.05, 0.1) is 11.6 Å². The van der Waals surface area contributed by atoms with Crippen molar-refractivity contribution in [1.29, 1.82) is 5.26 Å². The van der Waals surface area contributed by atoms with E-state index in [2.05, 4.69) is 21.6 Å². The SMILES string of the molecule is N#Cc1ccccc1CSc1nnc(NC2CCCCC2)s1. The molecule has 0 bridgehead atoms. The molecule has 1 aliphatic carbocycles.